The van der Waals surface area contributed by atoms with Gasteiger partial charge in [-0.15, -0.1) is 11.3 Å². The highest BCUT2D eigenvalue weighted by Gasteiger charge is 2.24. The Labute approximate surface area is 216 Å². The number of rotatable bonds is 3. The summed E-state index contributed by atoms with van der Waals surface area (Å²) in [4.78, 5) is 10.2. The summed E-state index contributed by atoms with van der Waals surface area (Å²) in [6.45, 7) is 0. The fourth-order valence-corrected chi connectivity index (χ4v) is 6.34. The maximum absolute atomic E-state index is 6.66. The van der Waals surface area contributed by atoms with Gasteiger partial charge in [0.05, 0.1) is 27.0 Å². The van der Waals surface area contributed by atoms with Gasteiger partial charge in [0.25, 0.3) is 0 Å². The lowest BCUT2D eigenvalue weighted by Crippen LogP contribution is -2.03. The molecule has 37 heavy (non-hydrogen) atoms. The second-order valence-electron chi connectivity index (χ2n) is 9.06. The highest BCUT2D eigenvalue weighted by molar-refractivity contribution is 7.26. The van der Waals surface area contributed by atoms with Crippen molar-refractivity contribution in [3.05, 3.63) is 115 Å². The van der Waals surface area contributed by atoms with Crippen LogP contribution in [-0.4, -0.2) is 14.5 Å². The van der Waals surface area contributed by atoms with Gasteiger partial charge < -0.3 is 4.42 Å². The molecule has 0 saturated heterocycles. The van der Waals surface area contributed by atoms with Crippen LogP contribution in [0, 0.1) is 0 Å². The van der Waals surface area contributed by atoms with Gasteiger partial charge in [-0.25, -0.2) is 14.5 Å². The van der Waals surface area contributed by atoms with E-state index >= 15 is 0 Å². The zero-order valence-corrected chi connectivity index (χ0v) is 20.4. The smallest absolute Gasteiger partial charge is 0.238 e. The average molecular weight is 494 g/mol. The van der Waals surface area contributed by atoms with Crippen LogP contribution in [0.1, 0.15) is 0 Å². The molecule has 174 valence electrons. The first-order valence-electron chi connectivity index (χ1n) is 12.2. The van der Waals surface area contributed by atoms with Crippen LogP contribution in [0.15, 0.2) is 120 Å². The minimum atomic E-state index is 0.595. The third-order valence-corrected chi connectivity index (χ3v) is 8.03. The molecule has 0 N–H and O–H groups in total. The van der Waals surface area contributed by atoms with Crippen LogP contribution in [0.3, 0.4) is 0 Å². The molecular weight excluding hydrogens is 474 g/mol. The van der Waals surface area contributed by atoms with Crippen LogP contribution in [0.25, 0.3) is 70.8 Å². The molecule has 5 heteroatoms. The van der Waals surface area contributed by atoms with Crippen LogP contribution in [0.2, 0.25) is 0 Å². The van der Waals surface area contributed by atoms with E-state index in [1.807, 2.05) is 36.4 Å². The van der Waals surface area contributed by atoms with Crippen molar-refractivity contribution in [2.45, 2.75) is 0 Å². The summed E-state index contributed by atoms with van der Waals surface area (Å²) < 4.78 is 11.1. The second-order valence-corrected chi connectivity index (χ2v) is 10.1. The van der Waals surface area contributed by atoms with Gasteiger partial charge in [0.15, 0.2) is 5.58 Å². The highest BCUT2D eigenvalue weighted by atomic mass is 32.1. The number of benzene rings is 4. The van der Waals surface area contributed by atoms with Gasteiger partial charge >= 0.3 is 0 Å². The van der Waals surface area contributed by atoms with E-state index in [2.05, 4.69) is 83.4 Å². The number of furan rings is 1. The van der Waals surface area contributed by atoms with E-state index in [1.54, 1.807) is 11.3 Å². The van der Waals surface area contributed by atoms with E-state index < -0.39 is 0 Å². The molecular formula is C32H19N3OS. The Hall–Kier alpha value is -4.74. The van der Waals surface area contributed by atoms with Crippen LogP contribution in [-0.2, 0) is 0 Å². The Morgan fingerprint density at radius 2 is 1.22 bits per heavy atom. The SMILES string of the molecule is c1ccc(-c2cc(-c3ccccc3)nc(-n3c4ccccc4c4c5sc6ccccc6c5oc43)n2)cc1. The Morgan fingerprint density at radius 1 is 0.622 bits per heavy atom. The minimum Gasteiger partial charge on any atom is -0.437 e. The number of para-hydroxylation sites is 1. The molecule has 4 aromatic heterocycles. The van der Waals surface area contributed by atoms with E-state index in [9.17, 15) is 0 Å². The predicted molar refractivity (Wildman–Crippen MR) is 152 cm³/mol. The first-order chi connectivity index (χ1) is 18.3. The largest absolute Gasteiger partial charge is 0.437 e. The molecule has 0 spiro atoms. The van der Waals surface area contributed by atoms with Gasteiger partial charge in [-0.2, -0.15) is 0 Å². The maximum Gasteiger partial charge on any atom is 0.238 e. The molecule has 0 amide bonds. The predicted octanol–water partition coefficient (Wildman–Crippen LogP) is 8.87. The fourth-order valence-electron chi connectivity index (χ4n) is 5.16. The van der Waals surface area contributed by atoms with Crippen LogP contribution in [0.5, 0.6) is 0 Å². The third-order valence-electron chi connectivity index (χ3n) is 6.86. The van der Waals surface area contributed by atoms with Crippen molar-refractivity contribution in [2.24, 2.45) is 0 Å². The minimum absolute atomic E-state index is 0.595. The van der Waals surface area contributed by atoms with Crippen molar-refractivity contribution < 1.29 is 4.42 Å². The van der Waals surface area contributed by atoms with Crippen molar-refractivity contribution in [3.8, 4) is 28.5 Å². The monoisotopic (exact) mass is 493 g/mol. The van der Waals surface area contributed by atoms with Crippen molar-refractivity contribution in [1.82, 2.24) is 14.5 Å². The summed E-state index contributed by atoms with van der Waals surface area (Å²) in [5.74, 6) is 0.595. The van der Waals surface area contributed by atoms with Gasteiger partial charge in [-0.3, -0.25) is 0 Å². The van der Waals surface area contributed by atoms with Gasteiger partial charge in [0.2, 0.25) is 11.7 Å². The molecule has 0 aliphatic carbocycles. The molecule has 4 nitrogen and oxygen atoms in total. The molecule has 0 saturated carbocycles. The molecule has 8 rings (SSSR count). The van der Waals surface area contributed by atoms with Gasteiger partial charge in [0, 0.05) is 26.6 Å². The molecule has 4 aromatic carbocycles. The van der Waals surface area contributed by atoms with Crippen molar-refractivity contribution >= 4 is 53.7 Å². The number of nitrogens with zero attached hydrogens (tertiary/aromatic N) is 3. The molecule has 0 atom stereocenters. The summed E-state index contributed by atoms with van der Waals surface area (Å²) in [5, 5.41) is 3.39. The van der Waals surface area contributed by atoms with Crippen molar-refractivity contribution in [1.29, 1.82) is 0 Å². The number of aromatic nitrogens is 3. The maximum atomic E-state index is 6.66. The highest BCUT2D eigenvalue weighted by Crippen LogP contribution is 2.45. The quantitative estimate of drug-likeness (QED) is 0.247. The number of thiophene rings is 1. The summed E-state index contributed by atoms with van der Waals surface area (Å²) in [5.41, 5.74) is 6.55. The molecule has 0 fully saturated rings. The van der Waals surface area contributed by atoms with Crippen LogP contribution < -0.4 is 0 Å². The van der Waals surface area contributed by atoms with Gasteiger partial charge in [-0.1, -0.05) is 91.0 Å². The zero-order valence-electron chi connectivity index (χ0n) is 19.6. The normalized spacial score (nSPS) is 11.8. The van der Waals surface area contributed by atoms with Crippen LogP contribution in [0.4, 0.5) is 0 Å². The van der Waals surface area contributed by atoms with Gasteiger partial charge in [-0.05, 0) is 24.3 Å². The first-order valence-corrected chi connectivity index (χ1v) is 13.0. The molecule has 0 aliphatic heterocycles. The van der Waals surface area contributed by atoms with E-state index in [0.717, 1.165) is 60.2 Å². The molecule has 8 aromatic rings. The Bertz CT molecular complexity index is 2030. The summed E-state index contributed by atoms with van der Waals surface area (Å²) in [6.07, 6.45) is 0. The van der Waals surface area contributed by atoms with Crippen molar-refractivity contribution in [2.75, 3.05) is 0 Å². The summed E-state index contributed by atoms with van der Waals surface area (Å²) >= 11 is 1.77. The lowest BCUT2D eigenvalue weighted by molar-refractivity contribution is 0.645. The Balaban J connectivity index is 1.49. The van der Waals surface area contributed by atoms with Gasteiger partial charge in [0.1, 0.15) is 0 Å². The van der Waals surface area contributed by atoms with E-state index in [-0.39, 0.29) is 0 Å². The molecule has 0 unspecified atom stereocenters. The van der Waals surface area contributed by atoms with E-state index in [0.29, 0.717) is 5.95 Å². The number of hydrogen-bond acceptors (Lipinski definition) is 4. The fraction of sp³-hybridized carbons (Fsp3) is 0. The summed E-state index contributed by atoms with van der Waals surface area (Å²) in [7, 11) is 0. The molecule has 0 aliphatic rings. The number of fused-ring (bicyclic) bond motifs is 7. The lowest BCUT2D eigenvalue weighted by atomic mass is 10.1. The molecule has 4 heterocycles. The summed E-state index contributed by atoms with van der Waals surface area (Å²) in [6, 6.07) is 39.4. The molecule has 0 radical (unpaired) electrons. The second kappa shape index (κ2) is 7.88. The first kappa shape index (κ1) is 20.5. The molecule has 0 bridgehead atoms. The van der Waals surface area contributed by atoms with Crippen LogP contribution >= 0.6 is 11.3 Å². The average Bonchev–Trinajstić information content (AvgIpc) is 3.61. The van der Waals surface area contributed by atoms with E-state index in [4.69, 9.17) is 14.4 Å². The topological polar surface area (TPSA) is 43.9 Å². The zero-order chi connectivity index (χ0) is 24.3. The van der Waals surface area contributed by atoms with Crippen molar-refractivity contribution in [3.63, 3.8) is 0 Å². The van der Waals surface area contributed by atoms with E-state index in [1.165, 1.54) is 4.70 Å². The standard InChI is InChI=1S/C32H19N3OS/c1-3-11-20(12-4-1)24-19-25(21-13-5-2-6-14-21)34-32(33-24)35-26-17-9-7-15-22(26)28-30-29(36-31(28)35)23-16-8-10-18-27(23)37-30/h1-19H. The third kappa shape index (κ3) is 3.08. The number of hydrogen-bond donors (Lipinski definition) is 0. The lowest BCUT2D eigenvalue weighted by Gasteiger charge is -2.10. The Morgan fingerprint density at radius 3 is 1.92 bits per heavy atom. The Kier molecular flexibility index (Phi) is 4.36.